The Morgan fingerprint density at radius 3 is 2.23 bits per heavy atom. The van der Waals surface area contributed by atoms with Gasteiger partial charge in [-0.1, -0.05) is 35.3 Å². The Morgan fingerprint density at radius 2 is 1.65 bits per heavy atom. The minimum atomic E-state index is -0.360. The van der Waals surface area contributed by atoms with Gasteiger partial charge in [0.25, 0.3) is 0 Å². The maximum absolute atomic E-state index is 13.3. The molecular weight excluding hydrogens is 378 g/mol. The molecule has 2 aromatic rings. The first-order chi connectivity index (χ1) is 12.5. The number of nitrogens with two attached hydrogens (primary N) is 1. The summed E-state index contributed by atoms with van der Waals surface area (Å²) in [5.74, 6) is -0.516. The molecule has 136 valence electrons. The highest BCUT2D eigenvalue weighted by Gasteiger charge is 2.18. The SMILES string of the molecule is Nc1c(Cl)cc(C(=CC(=O)N2CCOCC2)c2ccc(F)cc2)cc1Cl. The number of amides is 1. The molecule has 0 saturated carbocycles. The van der Waals surface area contributed by atoms with Crippen molar-refractivity contribution >= 4 is 40.4 Å². The first kappa shape index (κ1) is 18.7. The van der Waals surface area contributed by atoms with Crippen LogP contribution in [-0.2, 0) is 9.53 Å². The monoisotopic (exact) mass is 394 g/mol. The number of carbonyl (C=O) groups is 1. The molecule has 3 rings (SSSR count). The quantitative estimate of drug-likeness (QED) is 0.631. The van der Waals surface area contributed by atoms with Gasteiger partial charge < -0.3 is 15.4 Å². The Bertz CT molecular complexity index is 824. The number of nitrogens with zero attached hydrogens (tertiary/aromatic N) is 1. The molecule has 0 aromatic heterocycles. The number of benzene rings is 2. The average molecular weight is 395 g/mol. The zero-order chi connectivity index (χ0) is 18.7. The van der Waals surface area contributed by atoms with Gasteiger partial charge in [0, 0.05) is 19.2 Å². The summed E-state index contributed by atoms with van der Waals surface area (Å²) >= 11 is 12.3. The van der Waals surface area contributed by atoms with Crippen molar-refractivity contribution in [1.29, 1.82) is 0 Å². The number of hydrogen-bond acceptors (Lipinski definition) is 3. The van der Waals surface area contributed by atoms with Crippen molar-refractivity contribution in [2.75, 3.05) is 32.0 Å². The van der Waals surface area contributed by atoms with Crippen molar-refractivity contribution < 1.29 is 13.9 Å². The lowest BCUT2D eigenvalue weighted by atomic mass is 9.97. The molecule has 1 fully saturated rings. The van der Waals surface area contributed by atoms with Gasteiger partial charge in [-0.05, 0) is 41.0 Å². The van der Waals surface area contributed by atoms with E-state index < -0.39 is 0 Å². The Labute approximate surface area is 160 Å². The van der Waals surface area contributed by atoms with Crippen molar-refractivity contribution in [3.63, 3.8) is 0 Å². The molecule has 26 heavy (non-hydrogen) atoms. The molecular formula is C19H17Cl2FN2O2. The molecule has 2 aromatic carbocycles. The average Bonchev–Trinajstić information content (AvgIpc) is 2.65. The largest absolute Gasteiger partial charge is 0.396 e. The van der Waals surface area contributed by atoms with E-state index in [2.05, 4.69) is 0 Å². The number of carbonyl (C=O) groups excluding carboxylic acids is 1. The number of ether oxygens (including phenoxy) is 1. The molecule has 1 aliphatic heterocycles. The van der Waals surface area contributed by atoms with Crippen LogP contribution in [0.15, 0.2) is 42.5 Å². The summed E-state index contributed by atoms with van der Waals surface area (Å²) in [6, 6.07) is 9.17. The molecule has 0 bridgehead atoms. The summed E-state index contributed by atoms with van der Waals surface area (Å²) in [6.45, 7) is 2.06. The smallest absolute Gasteiger partial charge is 0.247 e. The van der Waals surface area contributed by atoms with Gasteiger partial charge in [-0.3, -0.25) is 4.79 Å². The zero-order valence-electron chi connectivity index (χ0n) is 13.8. The standard InChI is InChI=1S/C19H17Cl2FN2O2/c20-16-9-13(10-17(21)19(16)23)15(12-1-3-14(22)4-2-12)11-18(25)24-5-7-26-8-6-24/h1-4,9-11H,5-8,23H2. The highest BCUT2D eigenvalue weighted by Crippen LogP contribution is 2.34. The molecule has 7 heteroatoms. The minimum absolute atomic E-state index is 0.156. The molecule has 1 aliphatic rings. The summed E-state index contributed by atoms with van der Waals surface area (Å²) < 4.78 is 18.6. The van der Waals surface area contributed by atoms with Gasteiger partial charge in [-0.15, -0.1) is 0 Å². The van der Waals surface area contributed by atoms with E-state index in [-0.39, 0.29) is 17.4 Å². The van der Waals surface area contributed by atoms with Gasteiger partial charge in [0.05, 0.1) is 28.9 Å². The maximum Gasteiger partial charge on any atom is 0.247 e. The van der Waals surface area contributed by atoms with E-state index in [1.807, 2.05) is 0 Å². The third-order valence-corrected chi connectivity index (χ3v) is 4.76. The molecule has 0 aliphatic carbocycles. The number of morpholine rings is 1. The summed E-state index contributed by atoms with van der Waals surface area (Å²) in [7, 11) is 0. The Hall–Kier alpha value is -2.08. The Morgan fingerprint density at radius 1 is 1.08 bits per heavy atom. The van der Waals surface area contributed by atoms with Gasteiger partial charge in [0.15, 0.2) is 0 Å². The Kier molecular flexibility index (Phi) is 5.81. The molecule has 2 N–H and O–H groups in total. The van der Waals surface area contributed by atoms with E-state index in [0.717, 1.165) is 0 Å². The molecule has 1 heterocycles. The van der Waals surface area contributed by atoms with Crippen molar-refractivity contribution in [1.82, 2.24) is 4.90 Å². The number of halogens is 3. The molecule has 1 saturated heterocycles. The van der Waals surface area contributed by atoms with Crippen LogP contribution in [0.4, 0.5) is 10.1 Å². The van der Waals surface area contributed by atoms with Crippen LogP contribution >= 0.6 is 23.2 Å². The third-order valence-electron chi connectivity index (χ3n) is 4.14. The van der Waals surface area contributed by atoms with E-state index in [1.165, 1.54) is 18.2 Å². The van der Waals surface area contributed by atoms with Gasteiger partial charge in [-0.2, -0.15) is 0 Å². The van der Waals surface area contributed by atoms with Crippen LogP contribution in [0.5, 0.6) is 0 Å². The second-order valence-electron chi connectivity index (χ2n) is 5.86. The van der Waals surface area contributed by atoms with Crippen molar-refractivity contribution in [2.45, 2.75) is 0 Å². The molecule has 0 unspecified atom stereocenters. The summed E-state index contributed by atoms with van der Waals surface area (Å²) in [5, 5.41) is 0.582. The molecule has 4 nitrogen and oxygen atoms in total. The fourth-order valence-electron chi connectivity index (χ4n) is 2.70. The van der Waals surface area contributed by atoms with Crippen LogP contribution in [0.25, 0.3) is 5.57 Å². The van der Waals surface area contributed by atoms with Crippen LogP contribution in [0, 0.1) is 5.82 Å². The predicted molar refractivity (Wildman–Crippen MR) is 102 cm³/mol. The summed E-state index contributed by atoms with van der Waals surface area (Å²) in [4.78, 5) is 14.4. The Balaban J connectivity index is 2.05. The van der Waals surface area contributed by atoms with E-state index in [9.17, 15) is 9.18 Å². The van der Waals surface area contributed by atoms with E-state index in [1.54, 1.807) is 29.2 Å². The predicted octanol–water partition coefficient (Wildman–Crippen LogP) is 4.01. The third kappa shape index (κ3) is 4.18. The molecule has 1 amide bonds. The highest BCUT2D eigenvalue weighted by atomic mass is 35.5. The minimum Gasteiger partial charge on any atom is -0.396 e. The second kappa shape index (κ2) is 8.08. The molecule has 0 spiro atoms. The van der Waals surface area contributed by atoms with Crippen LogP contribution in [0.1, 0.15) is 11.1 Å². The van der Waals surface area contributed by atoms with Crippen LogP contribution in [0.2, 0.25) is 10.0 Å². The fraction of sp³-hybridized carbons (Fsp3) is 0.211. The van der Waals surface area contributed by atoms with E-state index >= 15 is 0 Å². The number of rotatable bonds is 3. The van der Waals surface area contributed by atoms with Crippen LogP contribution in [-0.4, -0.2) is 37.1 Å². The summed E-state index contributed by atoms with van der Waals surface area (Å²) in [5.41, 5.74) is 7.97. The van der Waals surface area contributed by atoms with Crippen molar-refractivity contribution in [3.8, 4) is 0 Å². The lowest BCUT2D eigenvalue weighted by molar-refractivity contribution is -0.129. The lowest BCUT2D eigenvalue weighted by Gasteiger charge is -2.26. The molecule has 0 atom stereocenters. The van der Waals surface area contributed by atoms with Crippen LogP contribution in [0.3, 0.4) is 0 Å². The first-order valence-electron chi connectivity index (χ1n) is 8.05. The maximum atomic E-state index is 13.3. The zero-order valence-corrected chi connectivity index (χ0v) is 15.4. The van der Waals surface area contributed by atoms with Crippen LogP contribution < -0.4 is 5.73 Å². The van der Waals surface area contributed by atoms with Crippen molar-refractivity contribution in [2.24, 2.45) is 0 Å². The van der Waals surface area contributed by atoms with E-state index in [4.69, 9.17) is 33.7 Å². The highest BCUT2D eigenvalue weighted by molar-refractivity contribution is 6.39. The topological polar surface area (TPSA) is 55.6 Å². The van der Waals surface area contributed by atoms with Gasteiger partial charge >= 0.3 is 0 Å². The van der Waals surface area contributed by atoms with Gasteiger partial charge in [-0.25, -0.2) is 4.39 Å². The second-order valence-corrected chi connectivity index (χ2v) is 6.67. The number of anilines is 1. The fourth-order valence-corrected chi connectivity index (χ4v) is 3.19. The normalized spacial score (nSPS) is 15.2. The number of nitrogen functional groups attached to an aromatic ring is 1. The first-order valence-corrected chi connectivity index (χ1v) is 8.80. The summed E-state index contributed by atoms with van der Waals surface area (Å²) in [6.07, 6.45) is 1.51. The number of hydrogen-bond donors (Lipinski definition) is 1. The van der Waals surface area contributed by atoms with Gasteiger partial charge in [0.2, 0.25) is 5.91 Å². The van der Waals surface area contributed by atoms with Gasteiger partial charge in [0.1, 0.15) is 5.82 Å². The molecule has 0 radical (unpaired) electrons. The van der Waals surface area contributed by atoms with E-state index in [0.29, 0.717) is 53.0 Å². The van der Waals surface area contributed by atoms with Crippen molar-refractivity contribution in [3.05, 3.63) is 69.5 Å². The lowest BCUT2D eigenvalue weighted by Crippen LogP contribution is -2.39.